The van der Waals surface area contributed by atoms with Gasteiger partial charge in [0.1, 0.15) is 0 Å². The molecule has 3 nitrogen and oxygen atoms in total. The van der Waals surface area contributed by atoms with Crippen molar-refractivity contribution < 1.29 is 18.3 Å². The number of nitrogens with zero attached hydrogens (tertiary/aromatic N) is 2. The number of aromatic nitrogens is 2. The monoisotopic (exact) mass is 284 g/mol. The Morgan fingerprint density at radius 2 is 1.85 bits per heavy atom. The van der Waals surface area contributed by atoms with Gasteiger partial charge in [0.15, 0.2) is 5.69 Å². The minimum absolute atomic E-state index is 0.0123. The van der Waals surface area contributed by atoms with Gasteiger partial charge in [0.05, 0.1) is 12.6 Å². The van der Waals surface area contributed by atoms with Crippen LogP contribution in [0.2, 0.25) is 0 Å². The Morgan fingerprint density at radius 1 is 1.20 bits per heavy atom. The summed E-state index contributed by atoms with van der Waals surface area (Å²) in [6.07, 6.45) is -3.24. The van der Waals surface area contributed by atoms with Crippen molar-refractivity contribution in [2.45, 2.75) is 32.2 Å². The van der Waals surface area contributed by atoms with E-state index in [4.69, 9.17) is 0 Å². The molecule has 1 aromatic carbocycles. The summed E-state index contributed by atoms with van der Waals surface area (Å²) in [6, 6.07) is 8.23. The molecule has 0 radical (unpaired) electrons. The smallest absolute Gasteiger partial charge is 0.386 e. The standard InChI is InChI=1S/C14H15F3N2O/c1-2-10-3-5-11(6-4-10)12(20)9-19-8-7-13(18-19)14(15,16)17/h3-8,12,20H,2,9H2,1H3. The molecular weight excluding hydrogens is 269 g/mol. The molecule has 20 heavy (non-hydrogen) atoms. The second-order valence-electron chi connectivity index (χ2n) is 4.53. The molecule has 0 aliphatic carbocycles. The lowest BCUT2D eigenvalue weighted by atomic mass is 10.1. The van der Waals surface area contributed by atoms with E-state index in [1.54, 1.807) is 12.1 Å². The zero-order chi connectivity index (χ0) is 14.8. The first-order chi connectivity index (χ1) is 9.40. The number of hydrogen-bond acceptors (Lipinski definition) is 2. The topological polar surface area (TPSA) is 38.0 Å². The molecule has 0 amide bonds. The number of hydrogen-bond donors (Lipinski definition) is 1. The minimum Gasteiger partial charge on any atom is -0.386 e. The van der Waals surface area contributed by atoms with Crippen molar-refractivity contribution in [2.24, 2.45) is 0 Å². The number of rotatable bonds is 4. The summed E-state index contributed by atoms with van der Waals surface area (Å²) in [4.78, 5) is 0. The van der Waals surface area contributed by atoms with Gasteiger partial charge in [-0.25, -0.2) is 0 Å². The summed E-state index contributed by atoms with van der Waals surface area (Å²) in [6.45, 7) is 2.01. The fourth-order valence-corrected chi connectivity index (χ4v) is 1.87. The third-order valence-electron chi connectivity index (χ3n) is 3.06. The molecule has 1 atom stereocenters. The van der Waals surface area contributed by atoms with Crippen LogP contribution in [-0.4, -0.2) is 14.9 Å². The summed E-state index contributed by atoms with van der Waals surface area (Å²) in [5.41, 5.74) is 0.844. The molecule has 1 unspecified atom stereocenters. The Kier molecular flexibility index (Phi) is 4.13. The van der Waals surface area contributed by atoms with Crippen LogP contribution in [-0.2, 0) is 19.1 Å². The zero-order valence-electron chi connectivity index (χ0n) is 10.9. The van der Waals surface area contributed by atoms with Crippen LogP contribution in [0.3, 0.4) is 0 Å². The van der Waals surface area contributed by atoms with E-state index < -0.39 is 18.0 Å². The second-order valence-corrected chi connectivity index (χ2v) is 4.53. The van der Waals surface area contributed by atoms with Crippen molar-refractivity contribution in [3.63, 3.8) is 0 Å². The summed E-state index contributed by atoms with van der Waals surface area (Å²) >= 11 is 0. The number of benzene rings is 1. The van der Waals surface area contributed by atoms with Crippen LogP contribution in [0.1, 0.15) is 29.8 Å². The molecule has 1 heterocycles. The van der Waals surface area contributed by atoms with Gasteiger partial charge in [-0.15, -0.1) is 0 Å². The van der Waals surface area contributed by atoms with Gasteiger partial charge >= 0.3 is 6.18 Å². The largest absolute Gasteiger partial charge is 0.435 e. The molecule has 1 aromatic heterocycles. The second kappa shape index (κ2) is 5.66. The highest BCUT2D eigenvalue weighted by molar-refractivity contribution is 5.24. The van der Waals surface area contributed by atoms with Crippen LogP contribution in [0, 0.1) is 0 Å². The normalized spacial score (nSPS) is 13.4. The van der Waals surface area contributed by atoms with E-state index in [0.717, 1.165) is 22.7 Å². The summed E-state index contributed by atoms with van der Waals surface area (Å²) in [7, 11) is 0. The van der Waals surface area contributed by atoms with Gasteiger partial charge in [0.2, 0.25) is 0 Å². The number of alkyl halides is 3. The number of halogens is 3. The van der Waals surface area contributed by atoms with Gasteiger partial charge in [0.25, 0.3) is 0 Å². The van der Waals surface area contributed by atoms with Crippen LogP contribution in [0.4, 0.5) is 13.2 Å². The van der Waals surface area contributed by atoms with E-state index in [9.17, 15) is 18.3 Å². The molecule has 0 bridgehead atoms. The number of aliphatic hydroxyl groups is 1. The fraction of sp³-hybridized carbons (Fsp3) is 0.357. The van der Waals surface area contributed by atoms with Crippen molar-refractivity contribution in [3.05, 3.63) is 53.3 Å². The van der Waals surface area contributed by atoms with Crippen LogP contribution in [0.25, 0.3) is 0 Å². The Labute approximate surface area is 114 Å². The number of aryl methyl sites for hydroxylation is 1. The predicted molar refractivity (Wildman–Crippen MR) is 68.0 cm³/mol. The van der Waals surface area contributed by atoms with Gasteiger partial charge in [-0.1, -0.05) is 31.2 Å². The highest BCUT2D eigenvalue weighted by Crippen LogP contribution is 2.27. The van der Waals surface area contributed by atoms with E-state index in [1.165, 1.54) is 6.20 Å². The van der Waals surface area contributed by atoms with Gasteiger partial charge in [-0.2, -0.15) is 18.3 Å². The van der Waals surface area contributed by atoms with Gasteiger partial charge in [0, 0.05) is 6.20 Å². The summed E-state index contributed by atoms with van der Waals surface area (Å²) in [5.74, 6) is 0. The zero-order valence-corrected chi connectivity index (χ0v) is 10.9. The third kappa shape index (κ3) is 3.39. The highest BCUT2D eigenvalue weighted by atomic mass is 19.4. The molecular formula is C14H15F3N2O. The van der Waals surface area contributed by atoms with Crippen molar-refractivity contribution >= 4 is 0 Å². The van der Waals surface area contributed by atoms with E-state index in [1.807, 2.05) is 19.1 Å². The Morgan fingerprint density at radius 3 is 2.35 bits per heavy atom. The number of aliphatic hydroxyl groups excluding tert-OH is 1. The van der Waals surface area contributed by atoms with E-state index in [-0.39, 0.29) is 6.54 Å². The molecule has 2 aromatic rings. The molecule has 0 saturated carbocycles. The molecule has 108 valence electrons. The Balaban J connectivity index is 2.07. The van der Waals surface area contributed by atoms with Crippen LogP contribution < -0.4 is 0 Å². The maximum absolute atomic E-state index is 12.4. The van der Waals surface area contributed by atoms with Crippen molar-refractivity contribution in [2.75, 3.05) is 0 Å². The summed E-state index contributed by atoms with van der Waals surface area (Å²) in [5, 5.41) is 13.4. The summed E-state index contributed by atoms with van der Waals surface area (Å²) < 4.78 is 38.3. The molecule has 0 saturated heterocycles. The fourth-order valence-electron chi connectivity index (χ4n) is 1.87. The van der Waals surface area contributed by atoms with Crippen molar-refractivity contribution in [3.8, 4) is 0 Å². The van der Waals surface area contributed by atoms with E-state index in [2.05, 4.69) is 5.10 Å². The van der Waals surface area contributed by atoms with Gasteiger partial charge < -0.3 is 5.11 Å². The third-order valence-corrected chi connectivity index (χ3v) is 3.06. The average Bonchev–Trinajstić information content (AvgIpc) is 2.87. The first kappa shape index (κ1) is 14.6. The average molecular weight is 284 g/mol. The van der Waals surface area contributed by atoms with E-state index in [0.29, 0.717) is 5.56 Å². The van der Waals surface area contributed by atoms with Gasteiger partial charge in [-0.05, 0) is 23.6 Å². The lowest BCUT2D eigenvalue weighted by Crippen LogP contribution is -2.12. The van der Waals surface area contributed by atoms with Crippen LogP contribution in [0.15, 0.2) is 36.5 Å². The molecule has 0 aliphatic rings. The van der Waals surface area contributed by atoms with Crippen molar-refractivity contribution in [1.82, 2.24) is 9.78 Å². The maximum atomic E-state index is 12.4. The van der Waals surface area contributed by atoms with Gasteiger partial charge in [-0.3, -0.25) is 4.68 Å². The Hall–Kier alpha value is -1.82. The SMILES string of the molecule is CCc1ccc(C(O)Cn2ccc(C(F)(F)F)n2)cc1. The minimum atomic E-state index is -4.46. The quantitative estimate of drug-likeness (QED) is 0.936. The first-order valence-electron chi connectivity index (χ1n) is 6.27. The molecule has 1 N–H and O–H groups in total. The van der Waals surface area contributed by atoms with E-state index >= 15 is 0 Å². The van der Waals surface area contributed by atoms with Crippen LogP contribution >= 0.6 is 0 Å². The van der Waals surface area contributed by atoms with Crippen molar-refractivity contribution in [1.29, 1.82) is 0 Å². The molecule has 0 spiro atoms. The maximum Gasteiger partial charge on any atom is 0.435 e. The predicted octanol–water partition coefficient (Wildman–Crippen LogP) is 3.20. The lowest BCUT2D eigenvalue weighted by Gasteiger charge is -2.11. The lowest BCUT2D eigenvalue weighted by molar-refractivity contribution is -0.141. The van der Waals surface area contributed by atoms with Crippen LogP contribution in [0.5, 0.6) is 0 Å². The highest BCUT2D eigenvalue weighted by Gasteiger charge is 2.33. The Bertz CT molecular complexity index is 561. The molecule has 0 fully saturated rings. The first-order valence-corrected chi connectivity index (χ1v) is 6.27. The molecule has 2 rings (SSSR count). The molecule has 6 heteroatoms. The molecule has 0 aliphatic heterocycles.